The van der Waals surface area contributed by atoms with Crippen molar-refractivity contribution in [3.8, 4) is 0 Å². The number of carbonyl (C=O) groups is 2. The lowest BCUT2D eigenvalue weighted by atomic mass is 10.0. The van der Waals surface area contributed by atoms with Crippen LogP contribution in [0.4, 0.5) is 0 Å². The van der Waals surface area contributed by atoms with Crippen molar-refractivity contribution in [1.82, 2.24) is 9.62 Å². The normalized spacial score (nSPS) is 22.0. The fraction of sp³-hybridized carbons (Fsp3) is 0.800. The van der Waals surface area contributed by atoms with Crippen LogP contribution < -0.4 is 16.2 Å². The third kappa shape index (κ3) is 5.53. The predicted molar refractivity (Wildman–Crippen MR) is 69.4 cm³/mol. The fourth-order valence-electron chi connectivity index (χ4n) is 2.11. The fourth-order valence-corrected chi connectivity index (χ4v) is 2.91. The Hall–Kier alpha value is -1.19. The first-order valence-corrected chi connectivity index (χ1v) is 7.88. The van der Waals surface area contributed by atoms with Gasteiger partial charge in [0.15, 0.2) is 0 Å². The van der Waals surface area contributed by atoms with E-state index < -0.39 is 22.0 Å². The zero-order valence-electron chi connectivity index (χ0n) is 10.8. The average molecular weight is 292 g/mol. The van der Waals surface area contributed by atoms with Gasteiger partial charge in [0, 0.05) is 19.1 Å². The highest BCUT2D eigenvalue weighted by molar-refractivity contribution is 7.88. The second-order valence-corrected chi connectivity index (χ2v) is 6.57. The molecule has 1 rings (SSSR count). The summed E-state index contributed by atoms with van der Waals surface area (Å²) in [6, 6.07) is -1.28. The van der Waals surface area contributed by atoms with E-state index in [0.29, 0.717) is 19.4 Å². The van der Waals surface area contributed by atoms with E-state index >= 15 is 0 Å². The molecule has 1 aliphatic rings. The summed E-state index contributed by atoms with van der Waals surface area (Å²) in [6.45, 7) is 0.769. The van der Waals surface area contributed by atoms with Gasteiger partial charge in [-0.25, -0.2) is 13.1 Å². The van der Waals surface area contributed by atoms with Gasteiger partial charge < -0.3 is 16.4 Å². The van der Waals surface area contributed by atoms with Crippen LogP contribution in [0.3, 0.4) is 0 Å². The van der Waals surface area contributed by atoms with Crippen molar-refractivity contribution in [2.45, 2.75) is 31.3 Å². The number of primary amides is 1. The lowest BCUT2D eigenvalue weighted by Gasteiger charge is -2.34. The van der Waals surface area contributed by atoms with Crippen LogP contribution in [0.1, 0.15) is 19.3 Å². The van der Waals surface area contributed by atoms with Crippen molar-refractivity contribution in [1.29, 1.82) is 0 Å². The standard InChI is InChI=1S/C10H20N4O4S/c1-19(17,18)13-7-3-2-4-14(6-7)10(16)8(11)5-9(12)15/h7-8,13H,2-6,11H2,1H3,(H2,12,15). The smallest absolute Gasteiger partial charge is 0.240 e. The van der Waals surface area contributed by atoms with Gasteiger partial charge in [0.25, 0.3) is 0 Å². The molecule has 8 nitrogen and oxygen atoms in total. The van der Waals surface area contributed by atoms with Gasteiger partial charge in [-0.3, -0.25) is 9.59 Å². The summed E-state index contributed by atoms with van der Waals surface area (Å²) in [7, 11) is -3.31. The Morgan fingerprint density at radius 2 is 2.11 bits per heavy atom. The van der Waals surface area contributed by atoms with Gasteiger partial charge in [-0.15, -0.1) is 0 Å². The quantitative estimate of drug-likeness (QED) is 0.525. The van der Waals surface area contributed by atoms with Crippen molar-refractivity contribution in [2.75, 3.05) is 19.3 Å². The summed E-state index contributed by atoms with van der Waals surface area (Å²) in [5.41, 5.74) is 10.6. The van der Waals surface area contributed by atoms with Crippen molar-refractivity contribution in [2.24, 2.45) is 11.5 Å². The Balaban J connectivity index is 2.59. The second kappa shape index (κ2) is 6.31. The maximum absolute atomic E-state index is 12.0. The average Bonchev–Trinajstić information content (AvgIpc) is 2.25. The van der Waals surface area contributed by atoms with Gasteiger partial charge in [0.1, 0.15) is 0 Å². The second-order valence-electron chi connectivity index (χ2n) is 4.79. The molecule has 0 saturated carbocycles. The lowest BCUT2D eigenvalue weighted by Crippen LogP contribution is -2.53. The van der Waals surface area contributed by atoms with E-state index in [9.17, 15) is 18.0 Å². The number of hydrogen-bond donors (Lipinski definition) is 3. The van der Waals surface area contributed by atoms with Crippen LogP contribution >= 0.6 is 0 Å². The van der Waals surface area contributed by atoms with E-state index in [1.807, 2.05) is 0 Å². The summed E-state index contributed by atoms with van der Waals surface area (Å²) in [6.07, 6.45) is 2.22. The molecular weight excluding hydrogens is 272 g/mol. The Morgan fingerprint density at radius 3 is 2.63 bits per heavy atom. The zero-order chi connectivity index (χ0) is 14.6. The topological polar surface area (TPSA) is 136 Å². The van der Waals surface area contributed by atoms with Gasteiger partial charge in [0.2, 0.25) is 21.8 Å². The summed E-state index contributed by atoms with van der Waals surface area (Å²) < 4.78 is 24.8. The van der Waals surface area contributed by atoms with Crippen LogP contribution in [-0.4, -0.2) is 56.6 Å². The molecule has 110 valence electrons. The van der Waals surface area contributed by atoms with E-state index in [-0.39, 0.29) is 24.9 Å². The molecule has 0 radical (unpaired) electrons. The Labute approximate surface area is 112 Å². The van der Waals surface area contributed by atoms with Crippen molar-refractivity contribution >= 4 is 21.8 Å². The summed E-state index contributed by atoms with van der Waals surface area (Å²) in [4.78, 5) is 24.2. The SMILES string of the molecule is CS(=O)(=O)NC1CCCN(C(=O)C(N)CC(N)=O)C1. The molecule has 0 spiro atoms. The first-order chi connectivity index (χ1) is 8.69. The van der Waals surface area contributed by atoms with Crippen molar-refractivity contribution in [3.63, 3.8) is 0 Å². The van der Waals surface area contributed by atoms with Gasteiger partial charge in [-0.05, 0) is 12.8 Å². The molecule has 9 heteroatoms. The molecule has 0 aromatic heterocycles. The summed E-state index contributed by atoms with van der Waals surface area (Å²) in [5, 5.41) is 0. The molecule has 1 saturated heterocycles. The first kappa shape index (κ1) is 15.9. The van der Waals surface area contributed by atoms with Gasteiger partial charge in [0.05, 0.1) is 18.7 Å². The van der Waals surface area contributed by atoms with Crippen LogP contribution in [0.2, 0.25) is 0 Å². The van der Waals surface area contributed by atoms with E-state index in [2.05, 4.69) is 4.72 Å². The number of hydrogen-bond acceptors (Lipinski definition) is 5. The molecule has 5 N–H and O–H groups in total. The number of sulfonamides is 1. The molecule has 2 amide bonds. The highest BCUT2D eigenvalue weighted by Gasteiger charge is 2.28. The van der Waals surface area contributed by atoms with E-state index in [1.165, 1.54) is 4.90 Å². The lowest BCUT2D eigenvalue weighted by molar-refractivity contribution is -0.135. The largest absolute Gasteiger partial charge is 0.370 e. The molecule has 1 heterocycles. The number of piperidine rings is 1. The number of carbonyl (C=O) groups excluding carboxylic acids is 2. The van der Waals surface area contributed by atoms with E-state index in [1.54, 1.807) is 0 Å². The van der Waals surface area contributed by atoms with Crippen LogP contribution in [0, 0.1) is 0 Å². The number of nitrogens with zero attached hydrogens (tertiary/aromatic N) is 1. The molecule has 1 fully saturated rings. The zero-order valence-corrected chi connectivity index (χ0v) is 11.6. The minimum Gasteiger partial charge on any atom is -0.370 e. The molecule has 2 unspecified atom stereocenters. The number of nitrogens with one attached hydrogen (secondary N) is 1. The minimum absolute atomic E-state index is 0.209. The van der Waals surface area contributed by atoms with E-state index in [4.69, 9.17) is 11.5 Å². The monoisotopic (exact) mass is 292 g/mol. The van der Waals surface area contributed by atoms with Crippen molar-refractivity contribution < 1.29 is 18.0 Å². The van der Waals surface area contributed by atoms with Crippen LogP contribution in [0.25, 0.3) is 0 Å². The molecular formula is C10H20N4O4S. The number of rotatable bonds is 5. The third-order valence-corrected chi connectivity index (χ3v) is 3.61. The minimum atomic E-state index is -3.31. The Kier molecular flexibility index (Phi) is 5.27. The summed E-state index contributed by atoms with van der Waals surface area (Å²) in [5.74, 6) is -1.01. The molecule has 0 aromatic rings. The number of amides is 2. The van der Waals surface area contributed by atoms with Crippen LogP contribution in [0.15, 0.2) is 0 Å². The third-order valence-electron chi connectivity index (χ3n) is 2.85. The molecule has 1 aliphatic heterocycles. The first-order valence-electron chi connectivity index (χ1n) is 5.99. The predicted octanol–water partition coefficient (Wildman–Crippen LogP) is -2.27. The molecule has 0 aliphatic carbocycles. The molecule has 19 heavy (non-hydrogen) atoms. The van der Waals surface area contributed by atoms with E-state index in [0.717, 1.165) is 6.26 Å². The van der Waals surface area contributed by atoms with Crippen LogP contribution in [-0.2, 0) is 19.6 Å². The highest BCUT2D eigenvalue weighted by Crippen LogP contribution is 2.12. The van der Waals surface area contributed by atoms with Crippen molar-refractivity contribution in [3.05, 3.63) is 0 Å². The molecule has 0 bridgehead atoms. The maximum atomic E-state index is 12.0. The van der Waals surface area contributed by atoms with Gasteiger partial charge >= 0.3 is 0 Å². The van der Waals surface area contributed by atoms with Gasteiger partial charge in [-0.1, -0.05) is 0 Å². The van der Waals surface area contributed by atoms with Gasteiger partial charge in [-0.2, -0.15) is 0 Å². The molecule has 0 aromatic carbocycles. The number of likely N-dealkylation sites (tertiary alicyclic amines) is 1. The maximum Gasteiger partial charge on any atom is 0.240 e. The highest BCUT2D eigenvalue weighted by atomic mass is 32.2. The molecule has 2 atom stereocenters. The summed E-state index contributed by atoms with van der Waals surface area (Å²) >= 11 is 0. The van der Waals surface area contributed by atoms with Crippen LogP contribution in [0.5, 0.6) is 0 Å². The Bertz CT molecular complexity index is 450. The Morgan fingerprint density at radius 1 is 1.47 bits per heavy atom. The number of nitrogens with two attached hydrogens (primary N) is 2.